The topological polar surface area (TPSA) is 43.1 Å². The van der Waals surface area contributed by atoms with Crippen molar-refractivity contribution in [1.82, 2.24) is 19.6 Å². The van der Waals surface area contributed by atoms with Crippen LogP contribution < -0.4 is 0 Å². The van der Waals surface area contributed by atoms with Crippen molar-refractivity contribution >= 4 is 17.2 Å². The number of rotatable bonds is 1. The Balaban J connectivity index is 2.32. The molecule has 4 nitrogen and oxygen atoms in total. The maximum atomic E-state index is 13.7. The normalized spacial score (nSPS) is 11.1. The van der Waals surface area contributed by atoms with Crippen molar-refractivity contribution in [3.05, 3.63) is 47.4 Å². The molecule has 0 N–H and O–H groups in total. The first kappa shape index (κ1) is 11.0. The Labute approximate surface area is 105 Å². The minimum atomic E-state index is -0.709. The molecule has 0 saturated heterocycles. The molecule has 0 aliphatic heterocycles. The van der Waals surface area contributed by atoms with Gasteiger partial charge in [-0.3, -0.25) is 4.40 Å². The van der Waals surface area contributed by atoms with E-state index in [1.807, 2.05) is 0 Å². The van der Waals surface area contributed by atoms with E-state index in [1.54, 1.807) is 0 Å². The number of fused-ring (bicyclic) bond motifs is 1. The van der Waals surface area contributed by atoms with Gasteiger partial charge in [0.15, 0.2) is 11.5 Å². The standard InChI is InChI=1S/C11H5ClF2N4/c12-8-4-9-16-17-11(18(9)5-15-8)10-6(13)2-1-3-7(10)14/h1-5H. The molecular formula is C11H5ClF2N4. The molecule has 0 radical (unpaired) electrons. The average Bonchev–Trinajstić information content (AvgIpc) is 2.72. The van der Waals surface area contributed by atoms with E-state index in [0.717, 1.165) is 12.1 Å². The minimum absolute atomic E-state index is 0.0461. The second-order valence-corrected chi connectivity index (χ2v) is 3.95. The van der Waals surface area contributed by atoms with E-state index >= 15 is 0 Å². The monoisotopic (exact) mass is 266 g/mol. The molecule has 0 saturated carbocycles. The molecule has 2 aromatic heterocycles. The van der Waals surface area contributed by atoms with Crippen molar-refractivity contribution in [2.75, 3.05) is 0 Å². The maximum absolute atomic E-state index is 13.7. The van der Waals surface area contributed by atoms with E-state index in [2.05, 4.69) is 15.2 Å². The highest BCUT2D eigenvalue weighted by molar-refractivity contribution is 6.29. The van der Waals surface area contributed by atoms with Gasteiger partial charge in [0.1, 0.15) is 23.1 Å². The van der Waals surface area contributed by atoms with Crippen molar-refractivity contribution in [1.29, 1.82) is 0 Å². The number of benzene rings is 1. The van der Waals surface area contributed by atoms with Gasteiger partial charge in [0.2, 0.25) is 0 Å². The maximum Gasteiger partial charge on any atom is 0.175 e. The number of aromatic nitrogens is 4. The fourth-order valence-corrected chi connectivity index (χ4v) is 1.80. The largest absolute Gasteiger partial charge is 0.265 e. The number of hydrogen-bond donors (Lipinski definition) is 0. The van der Waals surface area contributed by atoms with Gasteiger partial charge in [0, 0.05) is 6.07 Å². The van der Waals surface area contributed by atoms with Crippen LogP contribution in [0.1, 0.15) is 0 Å². The van der Waals surface area contributed by atoms with Crippen molar-refractivity contribution in [2.24, 2.45) is 0 Å². The van der Waals surface area contributed by atoms with Crippen LogP contribution >= 0.6 is 11.6 Å². The van der Waals surface area contributed by atoms with E-state index in [0.29, 0.717) is 5.65 Å². The van der Waals surface area contributed by atoms with Crippen LogP contribution in [0, 0.1) is 11.6 Å². The van der Waals surface area contributed by atoms with Gasteiger partial charge >= 0.3 is 0 Å². The van der Waals surface area contributed by atoms with Crippen LogP contribution in [0.4, 0.5) is 8.78 Å². The number of halogens is 3. The van der Waals surface area contributed by atoms with Gasteiger partial charge in [0.25, 0.3) is 0 Å². The zero-order chi connectivity index (χ0) is 12.7. The Morgan fingerprint density at radius 3 is 2.56 bits per heavy atom. The van der Waals surface area contributed by atoms with Crippen molar-refractivity contribution in [3.63, 3.8) is 0 Å². The third-order valence-electron chi connectivity index (χ3n) is 2.45. The second kappa shape index (κ2) is 3.99. The molecule has 90 valence electrons. The van der Waals surface area contributed by atoms with Gasteiger partial charge < -0.3 is 0 Å². The molecule has 18 heavy (non-hydrogen) atoms. The minimum Gasteiger partial charge on any atom is -0.265 e. The van der Waals surface area contributed by atoms with Crippen LogP contribution in [-0.4, -0.2) is 19.6 Å². The lowest BCUT2D eigenvalue weighted by molar-refractivity contribution is 0.587. The lowest BCUT2D eigenvalue weighted by atomic mass is 10.2. The van der Waals surface area contributed by atoms with Crippen LogP contribution in [0.25, 0.3) is 17.0 Å². The third-order valence-corrected chi connectivity index (χ3v) is 2.66. The summed E-state index contributed by atoms with van der Waals surface area (Å²) in [5.41, 5.74) is 0.127. The summed E-state index contributed by atoms with van der Waals surface area (Å²) in [6, 6.07) is 5.05. The van der Waals surface area contributed by atoms with Crippen LogP contribution in [0.2, 0.25) is 5.15 Å². The van der Waals surface area contributed by atoms with Crippen LogP contribution in [0.5, 0.6) is 0 Å². The molecule has 0 spiro atoms. The predicted octanol–water partition coefficient (Wildman–Crippen LogP) is 2.72. The summed E-state index contributed by atoms with van der Waals surface area (Å²) < 4.78 is 28.7. The zero-order valence-electron chi connectivity index (χ0n) is 8.81. The van der Waals surface area contributed by atoms with Gasteiger partial charge in [-0.25, -0.2) is 13.8 Å². The summed E-state index contributed by atoms with van der Waals surface area (Å²) in [4.78, 5) is 3.83. The first-order valence-corrected chi connectivity index (χ1v) is 5.35. The van der Waals surface area contributed by atoms with Crippen molar-refractivity contribution < 1.29 is 8.78 Å². The van der Waals surface area contributed by atoms with Gasteiger partial charge in [-0.2, -0.15) is 0 Å². The van der Waals surface area contributed by atoms with Gasteiger partial charge in [-0.1, -0.05) is 17.7 Å². The summed E-state index contributed by atoms with van der Waals surface area (Å²) in [5.74, 6) is -1.37. The summed E-state index contributed by atoms with van der Waals surface area (Å²) in [6.07, 6.45) is 1.32. The van der Waals surface area contributed by atoms with Gasteiger partial charge in [-0.05, 0) is 12.1 Å². The molecule has 0 bridgehead atoms. The zero-order valence-corrected chi connectivity index (χ0v) is 9.57. The van der Waals surface area contributed by atoms with Crippen molar-refractivity contribution in [3.8, 4) is 11.4 Å². The molecule has 2 heterocycles. The molecule has 0 amide bonds. The van der Waals surface area contributed by atoms with E-state index in [1.165, 1.54) is 22.9 Å². The molecule has 0 aliphatic carbocycles. The Bertz CT molecular complexity index is 721. The Hall–Kier alpha value is -2.08. The number of nitrogens with zero attached hydrogens (tertiary/aromatic N) is 4. The summed E-state index contributed by atoms with van der Waals surface area (Å²) in [5, 5.41) is 7.79. The summed E-state index contributed by atoms with van der Waals surface area (Å²) in [7, 11) is 0. The third kappa shape index (κ3) is 1.62. The highest BCUT2D eigenvalue weighted by Gasteiger charge is 2.17. The van der Waals surface area contributed by atoms with E-state index < -0.39 is 11.6 Å². The molecule has 0 aliphatic rings. The first-order valence-electron chi connectivity index (χ1n) is 4.97. The van der Waals surface area contributed by atoms with E-state index in [-0.39, 0.29) is 16.5 Å². The SMILES string of the molecule is Fc1cccc(F)c1-c1nnc2cc(Cl)ncn12. The molecule has 0 fully saturated rings. The number of hydrogen-bond acceptors (Lipinski definition) is 3. The van der Waals surface area contributed by atoms with Crippen LogP contribution in [-0.2, 0) is 0 Å². The van der Waals surface area contributed by atoms with E-state index in [9.17, 15) is 8.78 Å². The van der Waals surface area contributed by atoms with Crippen LogP contribution in [0.3, 0.4) is 0 Å². The quantitative estimate of drug-likeness (QED) is 0.636. The van der Waals surface area contributed by atoms with Crippen LogP contribution in [0.15, 0.2) is 30.6 Å². The van der Waals surface area contributed by atoms with Crippen molar-refractivity contribution in [2.45, 2.75) is 0 Å². The lowest BCUT2D eigenvalue weighted by Gasteiger charge is -2.02. The Morgan fingerprint density at radius 2 is 1.83 bits per heavy atom. The van der Waals surface area contributed by atoms with Gasteiger partial charge in [-0.15, -0.1) is 10.2 Å². The van der Waals surface area contributed by atoms with E-state index in [4.69, 9.17) is 11.6 Å². The fourth-order valence-electron chi connectivity index (χ4n) is 1.65. The fraction of sp³-hybridized carbons (Fsp3) is 0. The Kier molecular flexibility index (Phi) is 2.45. The van der Waals surface area contributed by atoms with Gasteiger partial charge in [0.05, 0.1) is 5.56 Å². The smallest absolute Gasteiger partial charge is 0.175 e. The molecule has 1 aromatic carbocycles. The molecule has 3 aromatic rings. The second-order valence-electron chi connectivity index (χ2n) is 3.56. The highest BCUT2D eigenvalue weighted by atomic mass is 35.5. The first-order chi connectivity index (χ1) is 8.66. The average molecular weight is 267 g/mol. The summed E-state index contributed by atoms with van der Waals surface area (Å²) in [6.45, 7) is 0. The predicted molar refractivity (Wildman–Crippen MR) is 61.1 cm³/mol. The molecule has 0 atom stereocenters. The molecule has 7 heteroatoms. The highest BCUT2D eigenvalue weighted by Crippen LogP contribution is 2.24. The molecule has 0 unspecified atom stereocenters. The Morgan fingerprint density at radius 1 is 1.11 bits per heavy atom. The lowest BCUT2D eigenvalue weighted by Crippen LogP contribution is -1.96. The molecular weight excluding hydrogens is 262 g/mol. The summed E-state index contributed by atoms with van der Waals surface area (Å²) >= 11 is 5.70. The molecule has 3 rings (SSSR count).